The van der Waals surface area contributed by atoms with Gasteiger partial charge in [0.1, 0.15) is 5.75 Å². The van der Waals surface area contributed by atoms with Crippen molar-refractivity contribution in [3.63, 3.8) is 0 Å². The Morgan fingerprint density at radius 2 is 2.00 bits per heavy atom. The van der Waals surface area contributed by atoms with E-state index in [0.717, 1.165) is 15.7 Å². The highest BCUT2D eigenvalue weighted by atomic mass is 79.9. The van der Waals surface area contributed by atoms with Gasteiger partial charge < -0.3 is 9.30 Å². The number of aromatic nitrogens is 1. The quantitative estimate of drug-likeness (QED) is 0.597. The second-order valence-corrected chi connectivity index (χ2v) is 6.74. The molecule has 0 aliphatic rings. The molecule has 2 aromatic rings. The van der Waals surface area contributed by atoms with E-state index in [1.807, 2.05) is 19.1 Å². The number of rotatable bonds is 6. The number of amides is 1. The van der Waals surface area contributed by atoms with E-state index in [0.29, 0.717) is 11.8 Å². The van der Waals surface area contributed by atoms with Gasteiger partial charge in [0.2, 0.25) is 0 Å². The lowest BCUT2D eigenvalue weighted by Gasteiger charge is -2.13. The molecule has 24 heavy (non-hydrogen) atoms. The Hall–Kier alpha value is -2.08. The van der Waals surface area contributed by atoms with Gasteiger partial charge in [0.05, 0.1) is 6.21 Å². The van der Waals surface area contributed by atoms with E-state index in [4.69, 9.17) is 4.74 Å². The van der Waals surface area contributed by atoms with Gasteiger partial charge in [-0.05, 0) is 58.0 Å². The third-order valence-corrected chi connectivity index (χ3v) is 4.15. The monoisotopic (exact) mass is 391 g/mol. The maximum absolute atomic E-state index is 11.8. The van der Waals surface area contributed by atoms with Gasteiger partial charge in [0.25, 0.3) is 5.91 Å². The first-order valence-electron chi connectivity index (χ1n) is 7.77. The number of aryl methyl sites for hydroxylation is 1. The van der Waals surface area contributed by atoms with Crippen molar-refractivity contribution in [2.24, 2.45) is 5.10 Å². The number of nitrogens with one attached hydrogen (secondary N) is 1. The molecule has 0 aliphatic carbocycles. The molecule has 1 N–H and O–H groups in total. The van der Waals surface area contributed by atoms with Gasteiger partial charge in [0.15, 0.2) is 6.61 Å². The smallest absolute Gasteiger partial charge is 0.277 e. The summed E-state index contributed by atoms with van der Waals surface area (Å²) in [7, 11) is 0. The number of hydrogen-bond donors (Lipinski definition) is 1. The largest absolute Gasteiger partial charge is 0.484 e. The number of carbonyl (C=O) groups excluding carboxylic acids is 1. The zero-order valence-electron chi connectivity index (χ0n) is 14.3. The molecule has 0 bridgehead atoms. The summed E-state index contributed by atoms with van der Waals surface area (Å²) in [5, 5.41) is 4.02. The maximum Gasteiger partial charge on any atom is 0.277 e. The van der Waals surface area contributed by atoms with E-state index in [9.17, 15) is 4.79 Å². The van der Waals surface area contributed by atoms with Crippen molar-refractivity contribution in [1.29, 1.82) is 0 Å². The van der Waals surface area contributed by atoms with Crippen LogP contribution >= 0.6 is 15.9 Å². The molecular formula is C18H22BrN3O2. The number of benzene rings is 1. The Morgan fingerprint density at radius 1 is 1.33 bits per heavy atom. The van der Waals surface area contributed by atoms with Crippen LogP contribution in [0.3, 0.4) is 0 Å². The summed E-state index contributed by atoms with van der Waals surface area (Å²) in [5.41, 5.74) is 5.79. The van der Waals surface area contributed by atoms with Crippen LogP contribution in [0.5, 0.6) is 5.75 Å². The van der Waals surface area contributed by atoms with Crippen molar-refractivity contribution >= 4 is 28.1 Å². The van der Waals surface area contributed by atoms with E-state index < -0.39 is 0 Å². The van der Waals surface area contributed by atoms with Crippen molar-refractivity contribution in [1.82, 2.24) is 9.99 Å². The van der Waals surface area contributed by atoms with E-state index in [2.05, 4.69) is 57.9 Å². The maximum atomic E-state index is 11.8. The summed E-state index contributed by atoms with van der Waals surface area (Å²) in [4.78, 5) is 11.8. The number of hydrogen-bond acceptors (Lipinski definition) is 3. The van der Waals surface area contributed by atoms with Crippen LogP contribution in [0, 0.1) is 13.8 Å². The molecule has 0 aliphatic heterocycles. The Balaban J connectivity index is 1.88. The van der Waals surface area contributed by atoms with E-state index >= 15 is 0 Å². The minimum absolute atomic E-state index is 0.0794. The van der Waals surface area contributed by atoms with E-state index in [1.165, 1.54) is 5.69 Å². The Bertz CT molecular complexity index is 733. The molecule has 0 saturated heterocycles. The van der Waals surface area contributed by atoms with Gasteiger partial charge in [-0.25, -0.2) is 5.43 Å². The summed E-state index contributed by atoms with van der Waals surface area (Å²) in [6, 6.07) is 9.75. The topological polar surface area (TPSA) is 55.6 Å². The van der Waals surface area contributed by atoms with Gasteiger partial charge in [-0.3, -0.25) is 4.79 Å². The average molecular weight is 392 g/mol. The standard InChI is InChI=1S/C18H22BrN3O2/c1-12(2)22-13(3)9-15(14(22)4)10-20-21-18(23)11-24-17-7-5-16(19)6-8-17/h5-10,12H,11H2,1-4H3,(H,21,23)/b20-10-. The van der Waals surface area contributed by atoms with Gasteiger partial charge >= 0.3 is 0 Å². The van der Waals surface area contributed by atoms with Crippen molar-refractivity contribution in [2.45, 2.75) is 33.7 Å². The van der Waals surface area contributed by atoms with Crippen LogP contribution in [-0.2, 0) is 4.79 Å². The Kier molecular flexibility index (Phi) is 6.20. The fourth-order valence-corrected chi connectivity index (χ4v) is 2.88. The molecule has 5 nitrogen and oxygen atoms in total. The van der Waals surface area contributed by atoms with Crippen LogP contribution in [0.15, 0.2) is 39.9 Å². The molecule has 0 saturated carbocycles. The zero-order valence-corrected chi connectivity index (χ0v) is 15.9. The molecule has 1 aromatic carbocycles. The van der Waals surface area contributed by atoms with Crippen LogP contribution < -0.4 is 10.2 Å². The summed E-state index contributed by atoms with van der Waals surface area (Å²) in [6.45, 7) is 8.32. The van der Waals surface area contributed by atoms with Crippen LogP contribution in [0.1, 0.15) is 36.8 Å². The molecule has 0 radical (unpaired) electrons. The molecule has 1 heterocycles. The van der Waals surface area contributed by atoms with Crippen molar-refractivity contribution < 1.29 is 9.53 Å². The van der Waals surface area contributed by atoms with Crippen LogP contribution in [0.2, 0.25) is 0 Å². The average Bonchev–Trinajstić information content (AvgIpc) is 2.81. The van der Waals surface area contributed by atoms with E-state index in [1.54, 1.807) is 18.3 Å². The predicted octanol–water partition coefficient (Wildman–Crippen LogP) is 3.98. The summed E-state index contributed by atoms with van der Waals surface area (Å²) >= 11 is 3.35. The first-order chi connectivity index (χ1) is 11.4. The second-order valence-electron chi connectivity index (χ2n) is 5.83. The molecule has 0 spiro atoms. The second kappa shape index (κ2) is 8.15. The molecule has 0 atom stereocenters. The molecule has 128 valence electrons. The number of halogens is 1. The van der Waals surface area contributed by atoms with Crippen LogP contribution in [-0.4, -0.2) is 23.3 Å². The highest BCUT2D eigenvalue weighted by Crippen LogP contribution is 2.18. The molecule has 0 fully saturated rings. The zero-order chi connectivity index (χ0) is 17.7. The molecule has 1 amide bonds. The molecule has 1 aromatic heterocycles. The summed E-state index contributed by atoms with van der Waals surface area (Å²) in [6.07, 6.45) is 1.67. The highest BCUT2D eigenvalue weighted by Gasteiger charge is 2.09. The van der Waals surface area contributed by atoms with Crippen LogP contribution in [0.4, 0.5) is 0 Å². The van der Waals surface area contributed by atoms with Crippen molar-refractivity contribution in [2.75, 3.05) is 6.61 Å². The fourth-order valence-electron chi connectivity index (χ4n) is 2.61. The summed E-state index contributed by atoms with van der Waals surface area (Å²) in [5.74, 6) is 0.338. The van der Waals surface area contributed by atoms with Gasteiger partial charge in [-0.2, -0.15) is 5.10 Å². The lowest BCUT2D eigenvalue weighted by molar-refractivity contribution is -0.123. The Morgan fingerprint density at radius 3 is 2.58 bits per heavy atom. The third-order valence-electron chi connectivity index (χ3n) is 3.62. The number of ether oxygens (including phenoxy) is 1. The SMILES string of the molecule is Cc1cc(/C=N\NC(=O)COc2ccc(Br)cc2)c(C)n1C(C)C. The lowest BCUT2D eigenvalue weighted by atomic mass is 10.2. The van der Waals surface area contributed by atoms with Gasteiger partial charge in [0, 0.05) is 27.5 Å². The predicted molar refractivity (Wildman–Crippen MR) is 99.7 cm³/mol. The van der Waals surface area contributed by atoms with Crippen molar-refractivity contribution in [3.05, 3.63) is 51.8 Å². The minimum atomic E-state index is -0.299. The molecule has 2 rings (SSSR count). The highest BCUT2D eigenvalue weighted by molar-refractivity contribution is 9.10. The number of carbonyl (C=O) groups is 1. The molecule has 0 unspecified atom stereocenters. The Labute approximate surface area is 150 Å². The lowest BCUT2D eigenvalue weighted by Crippen LogP contribution is -2.24. The number of hydrazone groups is 1. The minimum Gasteiger partial charge on any atom is -0.484 e. The van der Waals surface area contributed by atoms with Crippen LogP contribution in [0.25, 0.3) is 0 Å². The fraction of sp³-hybridized carbons (Fsp3) is 0.333. The van der Waals surface area contributed by atoms with Gasteiger partial charge in [-0.15, -0.1) is 0 Å². The first kappa shape index (κ1) is 18.3. The number of nitrogens with zero attached hydrogens (tertiary/aromatic N) is 2. The van der Waals surface area contributed by atoms with Gasteiger partial charge in [-0.1, -0.05) is 15.9 Å². The third kappa shape index (κ3) is 4.71. The van der Waals surface area contributed by atoms with Crippen molar-refractivity contribution in [3.8, 4) is 5.75 Å². The molecule has 6 heteroatoms. The first-order valence-corrected chi connectivity index (χ1v) is 8.56. The normalized spacial score (nSPS) is 11.2. The summed E-state index contributed by atoms with van der Waals surface area (Å²) < 4.78 is 8.59. The van der Waals surface area contributed by atoms with E-state index in [-0.39, 0.29) is 12.5 Å². The molecular weight excluding hydrogens is 370 g/mol.